The SMILES string of the molecule is Cc1cc(C)cc(OCCNc2cc(Cl)cc(Cl)c2)c1. The number of aryl methyl sites for hydroxylation is 2. The Kier molecular flexibility index (Phi) is 5.16. The summed E-state index contributed by atoms with van der Waals surface area (Å²) in [7, 11) is 0. The monoisotopic (exact) mass is 309 g/mol. The first-order valence-electron chi connectivity index (χ1n) is 6.44. The van der Waals surface area contributed by atoms with Crippen molar-refractivity contribution < 1.29 is 4.74 Å². The van der Waals surface area contributed by atoms with Gasteiger partial charge in [-0.1, -0.05) is 29.3 Å². The molecule has 106 valence electrons. The van der Waals surface area contributed by atoms with E-state index in [1.807, 2.05) is 24.3 Å². The van der Waals surface area contributed by atoms with Crippen LogP contribution in [0.3, 0.4) is 0 Å². The van der Waals surface area contributed by atoms with Gasteiger partial charge >= 0.3 is 0 Å². The highest BCUT2D eigenvalue weighted by atomic mass is 35.5. The van der Waals surface area contributed by atoms with E-state index in [9.17, 15) is 0 Å². The maximum Gasteiger partial charge on any atom is 0.119 e. The van der Waals surface area contributed by atoms with E-state index in [4.69, 9.17) is 27.9 Å². The van der Waals surface area contributed by atoms with Crippen molar-refractivity contribution in [3.63, 3.8) is 0 Å². The van der Waals surface area contributed by atoms with Crippen molar-refractivity contribution in [3.05, 3.63) is 57.6 Å². The first-order valence-corrected chi connectivity index (χ1v) is 7.19. The molecule has 2 rings (SSSR count). The van der Waals surface area contributed by atoms with Crippen LogP contribution in [0.2, 0.25) is 10.0 Å². The number of ether oxygens (including phenoxy) is 1. The zero-order chi connectivity index (χ0) is 14.5. The van der Waals surface area contributed by atoms with E-state index < -0.39 is 0 Å². The molecule has 2 aromatic rings. The highest BCUT2D eigenvalue weighted by Gasteiger charge is 1.99. The third-order valence-electron chi connectivity index (χ3n) is 2.76. The van der Waals surface area contributed by atoms with Crippen LogP contribution in [0.15, 0.2) is 36.4 Å². The predicted octanol–water partition coefficient (Wildman–Crippen LogP) is 5.10. The second kappa shape index (κ2) is 6.87. The van der Waals surface area contributed by atoms with Crippen LogP contribution in [0.1, 0.15) is 11.1 Å². The lowest BCUT2D eigenvalue weighted by atomic mass is 10.1. The maximum atomic E-state index is 5.94. The molecule has 0 spiro atoms. The average Bonchev–Trinajstić information content (AvgIpc) is 2.32. The first-order chi connectivity index (χ1) is 9.52. The Bertz CT molecular complexity index is 505. The Hall–Kier alpha value is -1.38. The van der Waals surface area contributed by atoms with Crippen LogP contribution in [0.5, 0.6) is 5.75 Å². The van der Waals surface area contributed by atoms with Crippen LogP contribution >= 0.6 is 23.2 Å². The van der Waals surface area contributed by atoms with E-state index in [2.05, 4.69) is 25.2 Å². The van der Waals surface area contributed by atoms with Crippen LogP contribution < -0.4 is 10.1 Å². The second-order valence-corrected chi connectivity index (χ2v) is 5.63. The molecule has 0 amide bonds. The third kappa shape index (κ3) is 4.62. The minimum absolute atomic E-state index is 0.576. The highest BCUT2D eigenvalue weighted by Crippen LogP contribution is 2.22. The summed E-state index contributed by atoms with van der Waals surface area (Å²) in [6.45, 7) is 5.38. The van der Waals surface area contributed by atoms with Gasteiger partial charge < -0.3 is 10.1 Å². The van der Waals surface area contributed by atoms with Gasteiger partial charge in [0.2, 0.25) is 0 Å². The Morgan fingerprint density at radius 1 is 0.900 bits per heavy atom. The molecule has 0 unspecified atom stereocenters. The van der Waals surface area contributed by atoms with Gasteiger partial charge in [-0.25, -0.2) is 0 Å². The van der Waals surface area contributed by atoms with Gasteiger partial charge in [-0.05, 0) is 55.3 Å². The lowest BCUT2D eigenvalue weighted by Crippen LogP contribution is -2.11. The third-order valence-corrected chi connectivity index (χ3v) is 3.19. The fourth-order valence-corrected chi connectivity index (χ4v) is 2.56. The number of nitrogens with one attached hydrogen (secondary N) is 1. The van der Waals surface area contributed by atoms with Crippen LogP contribution in [0.4, 0.5) is 5.69 Å². The van der Waals surface area contributed by atoms with Crippen LogP contribution in [-0.4, -0.2) is 13.2 Å². The van der Waals surface area contributed by atoms with E-state index in [0.29, 0.717) is 23.2 Å². The predicted molar refractivity (Wildman–Crippen MR) is 86.4 cm³/mol. The minimum Gasteiger partial charge on any atom is -0.492 e. The van der Waals surface area contributed by atoms with Crippen molar-refractivity contribution in [1.29, 1.82) is 0 Å². The number of halogens is 2. The van der Waals surface area contributed by atoms with Crippen LogP contribution in [-0.2, 0) is 0 Å². The smallest absolute Gasteiger partial charge is 0.119 e. The van der Waals surface area contributed by atoms with Gasteiger partial charge in [0.25, 0.3) is 0 Å². The lowest BCUT2D eigenvalue weighted by molar-refractivity contribution is 0.332. The molecular formula is C16H17Cl2NO. The van der Waals surface area contributed by atoms with Crippen molar-refractivity contribution in [2.75, 3.05) is 18.5 Å². The molecule has 0 bridgehead atoms. The van der Waals surface area contributed by atoms with E-state index in [1.54, 1.807) is 6.07 Å². The van der Waals surface area contributed by atoms with Crippen molar-refractivity contribution in [1.82, 2.24) is 0 Å². The Morgan fingerprint density at radius 3 is 2.10 bits per heavy atom. The molecule has 0 heterocycles. The summed E-state index contributed by atoms with van der Waals surface area (Å²) in [6, 6.07) is 11.6. The van der Waals surface area contributed by atoms with Gasteiger partial charge in [-0.3, -0.25) is 0 Å². The number of hydrogen-bond donors (Lipinski definition) is 1. The van der Waals surface area contributed by atoms with Gasteiger partial charge in [0.05, 0.1) is 0 Å². The Balaban J connectivity index is 1.84. The molecule has 0 radical (unpaired) electrons. The molecule has 2 nitrogen and oxygen atoms in total. The van der Waals surface area contributed by atoms with E-state index in [0.717, 1.165) is 11.4 Å². The summed E-state index contributed by atoms with van der Waals surface area (Å²) in [5.74, 6) is 0.897. The number of anilines is 1. The molecule has 0 aliphatic carbocycles. The Labute approximate surface area is 129 Å². The second-order valence-electron chi connectivity index (χ2n) is 4.76. The number of benzene rings is 2. The molecule has 0 saturated heterocycles. The molecular weight excluding hydrogens is 293 g/mol. The summed E-state index contributed by atoms with van der Waals surface area (Å²) < 4.78 is 5.72. The van der Waals surface area contributed by atoms with Gasteiger partial charge in [0, 0.05) is 22.3 Å². The molecule has 2 aromatic carbocycles. The summed E-state index contributed by atoms with van der Waals surface area (Å²) in [4.78, 5) is 0. The maximum absolute atomic E-state index is 5.94. The first kappa shape index (κ1) is 15.0. The fraction of sp³-hybridized carbons (Fsp3) is 0.250. The average molecular weight is 310 g/mol. The summed E-state index contributed by atoms with van der Waals surface area (Å²) in [6.07, 6.45) is 0. The van der Waals surface area contributed by atoms with Crippen molar-refractivity contribution in [2.24, 2.45) is 0 Å². The summed E-state index contributed by atoms with van der Waals surface area (Å²) in [5.41, 5.74) is 3.30. The van der Waals surface area contributed by atoms with Crippen LogP contribution in [0, 0.1) is 13.8 Å². The van der Waals surface area contributed by atoms with E-state index in [1.165, 1.54) is 11.1 Å². The Morgan fingerprint density at radius 2 is 1.50 bits per heavy atom. The molecule has 0 aromatic heterocycles. The van der Waals surface area contributed by atoms with E-state index >= 15 is 0 Å². The van der Waals surface area contributed by atoms with Crippen molar-refractivity contribution in [3.8, 4) is 5.75 Å². The fourth-order valence-electron chi connectivity index (χ4n) is 2.04. The lowest BCUT2D eigenvalue weighted by Gasteiger charge is -2.10. The molecule has 0 saturated carbocycles. The highest BCUT2D eigenvalue weighted by molar-refractivity contribution is 6.35. The standard InChI is InChI=1S/C16H17Cl2NO/c1-11-5-12(2)7-16(6-11)20-4-3-19-15-9-13(17)8-14(18)10-15/h5-10,19H,3-4H2,1-2H3. The summed E-state index contributed by atoms with van der Waals surface area (Å²) in [5, 5.41) is 4.47. The minimum atomic E-state index is 0.576. The molecule has 20 heavy (non-hydrogen) atoms. The molecule has 0 fully saturated rings. The topological polar surface area (TPSA) is 21.3 Å². The van der Waals surface area contributed by atoms with Gasteiger partial charge in [0.15, 0.2) is 0 Å². The number of rotatable bonds is 5. The zero-order valence-electron chi connectivity index (χ0n) is 11.5. The van der Waals surface area contributed by atoms with Gasteiger partial charge in [-0.2, -0.15) is 0 Å². The van der Waals surface area contributed by atoms with Crippen LogP contribution in [0.25, 0.3) is 0 Å². The molecule has 0 aliphatic rings. The van der Waals surface area contributed by atoms with Crippen molar-refractivity contribution in [2.45, 2.75) is 13.8 Å². The largest absolute Gasteiger partial charge is 0.492 e. The van der Waals surface area contributed by atoms with Crippen molar-refractivity contribution >= 4 is 28.9 Å². The van der Waals surface area contributed by atoms with Gasteiger partial charge in [-0.15, -0.1) is 0 Å². The zero-order valence-corrected chi connectivity index (χ0v) is 13.1. The molecule has 4 heteroatoms. The van der Waals surface area contributed by atoms with Gasteiger partial charge in [0.1, 0.15) is 12.4 Å². The molecule has 1 N–H and O–H groups in total. The quantitative estimate of drug-likeness (QED) is 0.776. The molecule has 0 aliphatic heterocycles. The normalized spacial score (nSPS) is 10.4. The molecule has 0 atom stereocenters. The van der Waals surface area contributed by atoms with E-state index in [-0.39, 0.29) is 0 Å². The number of hydrogen-bond acceptors (Lipinski definition) is 2. The summed E-state index contributed by atoms with van der Waals surface area (Å²) >= 11 is 11.9.